The summed E-state index contributed by atoms with van der Waals surface area (Å²) >= 11 is 3.11. The molecule has 2 rings (SSSR count). The molecule has 0 aromatic heterocycles. The second-order valence-electron chi connectivity index (χ2n) is 3.93. The number of hydrogen-bond acceptors (Lipinski definition) is 4. The zero-order valence-electron chi connectivity index (χ0n) is 8.93. The van der Waals surface area contributed by atoms with Gasteiger partial charge in [-0.15, -0.1) is 0 Å². The van der Waals surface area contributed by atoms with Crippen molar-refractivity contribution >= 4 is 51.4 Å². The van der Waals surface area contributed by atoms with Crippen LogP contribution in [0.25, 0.3) is 0 Å². The monoisotopic (exact) mass is 373 g/mol. The van der Waals surface area contributed by atoms with E-state index in [0.29, 0.717) is 23.0 Å². The van der Waals surface area contributed by atoms with Gasteiger partial charge in [-0.05, 0) is 47.0 Å². The fourth-order valence-corrected chi connectivity index (χ4v) is 4.29. The lowest BCUT2D eigenvalue weighted by Gasteiger charge is -2.09. The summed E-state index contributed by atoms with van der Waals surface area (Å²) in [5.74, 6) is 0. The quantitative estimate of drug-likeness (QED) is 0.820. The van der Waals surface area contributed by atoms with E-state index >= 15 is 0 Å². The molecule has 1 aliphatic carbocycles. The first-order valence-electron chi connectivity index (χ1n) is 4.96. The SMILES string of the molecule is O=S(=O)(Cl)c1ccc(NS(=O)(=O)C2CC2)c(Br)c1. The van der Waals surface area contributed by atoms with Crippen LogP contribution in [-0.2, 0) is 19.1 Å². The molecule has 0 aliphatic heterocycles. The van der Waals surface area contributed by atoms with Crippen molar-refractivity contribution < 1.29 is 16.8 Å². The average Bonchev–Trinajstić information content (AvgIpc) is 3.02. The molecule has 0 heterocycles. The van der Waals surface area contributed by atoms with Gasteiger partial charge in [0.2, 0.25) is 10.0 Å². The number of rotatable bonds is 4. The van der Waals surface area contributed by atoms with Crippen LogP contribution in [0.15, 0.2) is 27.6 Å². The van der Waals surface area contributed by atoms with Gasteiger partial charge in [0.15, 0.2) is 0 Å². The van der Waals surface area contributed by atoms with Gasteiger partial charge < -0.3 is 0 Å². The summed E-state index contributed by atoms with van der Waals surface area (Å²) in [5.41, 5.74) is 0.297. The Morgan fingerprint density at radius 1 is 1.22 bits per heavy atom. The lowest BCUT2D eigenvalue weighted by molar-refractivity contribution is 0.600. The summed E-state index contributed by atoms with van der Waals surface area (Å²) in [4.78, 5) is -0.0922. The molecule has 1 saturated carbocycles. The van der Waals surface area contributed by atoms with Crippen LogP contribution in [0.2, 0.25) is 0 Å². The van der Waals surface area contributed by atoms with E-state index in [1.54, 1.807) is 0 Å². The molecule has 0 unspecified atom stereocenters. The third kappa shape index (κ3) is 3.17. The first-order chi connectivity index (χ1) is 8.20. The lowest BCUT2D eigenvalue weighted by atomic mass is 10.3. The molecule has 18 heavy (non-hydrogen) atoms. The second kappa shape index (κ2) is 4.66. The van der Waals surface area contributed by atoms with Crippen LogP contribution in [0.5, 0.6) is 0 Å². The highest BCUT2D eigenvalue weighted by Gasteiger charge is 2.36. The zero-order valence-corrected chi connectivity index (χ0v) is 12.9. The maximum absolute atomic E-state index is 11.7. The Labute approximate surface area is 118 Å². The number of nitrogens with one attached hydrogen (secondary N) is 1. The summed E-state index contributed by atoms with van der Waals surface area (Å²) in [6, 6.07) is 3.87. The van der Waals surface area contributed by atoms with Gasteiger partial charge in [-0.1, -0.05) is 0 Å². The van der Waals surface area contributed by atoms with Crippen molar-refractivity contribution in [2.24, 2.45) is 0 Å². The van der Waals surface area contributed by atoms with Gasteiger partial charge in [0.25, 0.3) is 9.05 Å². The third-order valence-corrected chi connectivity index (χ3v) is 6.30. The van der Waals surface area contributed by atoms with E-state index in [2.05, 4.69) is 20.7 Å². The van der Waals surface area contributed by atoms with Gasteiger partial charge in [-0.25, -0.2) is 16.8 Å². The molecule has 0 bridgehead atoms. The predicted molar refractivity (Wildman–Crippen MR) is 72.7 cm³/mol. The molecule has 5 nitrogen and oxygen atoms in total. The summed E-state index contributed by atoms with van der Waals surface area (Å²) < 4.78 is 48.4. The highest BCUT2D eigenvalue weighted by molar-refractivity contribution is 9.10. The van der Waals surface area contributed by atoms with E-state index < -0.39 is 19.1 Å². The topological polar surface area (TPSA) is 80.3 Å². The first-order valence-corrected chi connectivity index (χ1v) is 9.61. The maximum atomic E-state index is 11.7. The van der Waals surface area contributed by atoms with Crippen molar-refractivity contribution in [3.05, 3.63) is 22.7 Å². The van der Waals surface area contributed by atoms with Crippen molar-refractivity contribution in [1.29, 1.82) is 0 Å². The van der Waals surface area contributed by atoms with Gasteiger partial charge in [0, 0.05) is 15.2 Å². The minimum Gasteiger partial charge on any atom is -0.282 e. The molecule has 0 atom stereocenters. The summed E-state index contributed by atoms with van der Waals surface area (Å²) in [5, 5.41) is -0.346. The van der Waals surface area contributed by atoms with Crippen molar-refractivity contribution in [1.82, 2.24) is 0 Å². The Balaban J connectivity index is 2.31. The van der Waals surface area contributed by atoms with Crippen molar-refractivity contribution in [3.8, 4) is 0 Å². The van der Waals surface area contributed by atoms with E-state index in [1.807, 2.05) is 0 Å². The summed E-state index contributed by atoms with van der Waals surface area (Å²) in [6.45, 7) is 0. The van der Waals surface area contributed by atoms with E-state index in [1.165, 1.54) is 18.2 Å². The highest BCUT2D eigenvalue weighted by Crippen LogP contribution is 2.33. The second-order valence-corrected chi connectivity index (χ2v) is 9.31. The molecule has 1 fully saturated rings. The van der Waals surface area contributed by atoms with Crippen molar-refractivity contribution in [2.45, 2.75) is 23.0 Å². The molecule has 1 aromatic carbocycles. The largest absolute Gasteiger partial charge is 0.282 e. The highest BCUT2D eigenvalue weighted by atomic mass is 79.9. The molecule has 0 saturated heterocycles. The number of benzene rings is 1. The molecule has 100 valence electrons. The van der Waals surface area contributed by atoms with Gasteiger partial charge in [-0.3, -0.25) is 4.72 Å². The summed E-state index contributed by atoms with van der Waals surface area (Å²) in [7, 11) is -2.01. The predicted octanol–water partition coefficient (Wildman–Crippen LogP) is 2.28. The molecule has 0 spiro atoms. The van der Waals surface area contributed by atoms with Gasteiger partial charge in [0.1, 0.15) is 0 Å². The molecule has 0 amide bonds. The third-order valence-electron chi connectivity index (χ3n) is 2.44. The van der Waals surface area contributed by atoms with Crippen LogP contribution >= 0.6 is 26.6 Å². The van der Waals surface area contributed by atoms with Crippen molar-refractivity contribution in [3.63, 3.8) is 0 Å². The maximum Gasteiger partial charge on any atom is 0.261 e. The summed E-state index contributed by atoms with van der Waals surface area (Å²) in [6.07, 6.45) is 1.31. The lowest BCUT2D eigenvalue weighted by Crippen LogP contribution is -2.17. The zero-order chi connectivity index (χ0) is 13.6. The Bertz CT molecular complexity index is 683. The van der Waals surface area contributed by atoms with Crippen LogP contribution < -0.4 is 4.72 Å². The molecular weight excluding hydrogens is 366 g/mol. The standard InChI is InChI=1S/C9H9BrClNO4S2/c10-8-5-7(17(11,13)14)3-4-9(8)12-18(15,16)6-1-2-6/h3-6,12H,1-2H2. The number of anilines is 1. The normalized spacial score (nSPS) is 16.6. The van der Waals surface area contributed by atoms with E-state index in [0.717, 1.165) is 0 Å². The Morgan fingerprint density at radius 3 is 2.28 bits per heavy atom. The van der Waals surface area contributed by atoms with Crippen LogP contribution in [0.3, 0.4) is 0 Å². The number of hydrogen-bond donors (Lipinski definition) is 1. The van der Waals surface area contributed by atoms with Crippen LogP contribution in [-0.4, -0.2) is 22.1 Å². The van der Waals surface area contributed by atoms with Gasteiger partial charge in [0.05, 0.1) is 15.8 Å². The Morgan fingerprint density at radius 2 is 1.83 bits per heavy atom. The Hall–Kier alpha value is -0.310. The van der Waals surface area contributed by atoms with Gasteiger partial charge in [-0.2, -0.15) is 0 Å². The van der Waals surface area contributed by atoms with Gasteiger partial charge >= 0.3 is 0 Å². The minimum absolute atomic E-state index is 0.0922. The van der Waals surface area contributed by atoms with Crippen LogP contribution in [0, 0.1) is 0 Å². The molecule has 0 radical (unpaired) electrons. The van der Waals surface area contributed by atoms with E-state index in [9.17, 15) is 16.8 Å². The molecule has 1 aromatic rings. The van der Waals surface area contributed by atoms with E-state index in [-0.39, 0.29) is 10.1 Å². The number of sulfonamides is 1. The average molecular weight is 375 g/mol. The molecule has 9 heteroatoms. The number of halogens is 2. The van der Waals surface area contributed by atoms with Crippen LogP contribution in [0.1, 0.15) is 12.8 Å². The first kappa shape index (κ1) is 14.1. The van der Waals surface area contributed by atoms with Crippen LogP contribution in [0.4, 0.5) is 5.69 Å². The van der Waals surface area contributed by atoms with E-state index in [4.69, 9.17) is 10.7 Å². The minimum atomic E-state index is -3.82. The van der Waals surface area contributed by atoms with Crippen molar-refractivity contribution in [2.75, 3.05) is 4.72 Å². The Kier molecular flexibility index (Phi) is 3.65. The molecule has 1 N–H and O–H groups in total. The molecular formula is C9H9BrClNO4S2. The fraction of sp³-hybridized carbons (Fsp3) is 0.333. The fourth-order valence-electron chi connectivity index (χ4n) is 1.35. The smallest absolute Gasteiger partial charge is 0.261 e. The molecule has 1 aliphatic rings.